The minimum absolute atomic E-state index is 0.383. The molecule has 2 N–H and O–H groups in total. The first-order valence-electron chi connectivity index (χ1n) is 7.68. The summed E-state index contributed by atoms with van der Waals surface area (Å²) in [5, 5.41) is 0. The Labute approximate surface area is 132 Å². The molecule has 6 nitrogen and oxygen atoms in total. The van der Waals surface area contributed by atoms with Crippen molar-refractivity contribution in [1.29, 1.82) is 0 Å². The largest absolute Gasteiger partial charge is 0.490 e. The van der Waals surface area contributed by atoms with Crippen LogP contribution in [0.25, 0.3) is 0 Å². The lowest BCUT2D eigenvalue weighted by atomic mass is 10.1. The van der Waals surface area contributed by atoms with Gasteiger partial charge in [-0.25, -0.2) is 0 Å². The first-order valence-corrected chi connectivity index (χ1v) is 7.68. The molecular formula is C16H26N2O4. The quantitative estimate of drug-likeness (QED) is 0.778. The van der Waals surface area contributed by atoms with Crippen LogP contribution in [0.15, 0.2) is 12.1 Å². The molecule has 1 fully saturated rings. The molecule has 0 atom stereocenters. The summed E-state index contributed by atoms with van der Waals surface area (Å²) in [7, 11) is 3.99. The van der Waals surface area contributed by atoms with Crippen LogP contribution >= 0.6 is 0 Å². The number of nitrogens with zero attached hydrogens (tertiary/aromatic N) is 1. The van der Waals surface area contributed by atoms with E-state index >= 15 is 0 Å². The van der Waals surface area contributed by atoms with Crippen LogP contribution in [-0.2, 0) is 9.47 Å². The number of anilines is 1. The molecule has 1 aliphatic heterocycles. The minimum Gasteiger partial charge on any atom is -0.490 e. The second-order valence-electron chi connectivity index (χ2n) is 5.45. The van der Waals surface area contributed by atoms with Gasteiger partial charge in [-0.15, -0.1) is 0 Å². The molecular weight excluding hydrogens is 284 g/mol. The van der Waals surface area contributed by atoms with E-state index in [1.807, 2.05) is 33.2 Å². The summed E-state index contributed by atoms with van der Waals surface area (Å²) in [6.07, 6.45) is 0.529. The maximum absolute atomic E-state index is 6.15. The van der Waals surface area contributed by atoms with E-state index in [4.69, 9.17) is 24.7 Å². The molecule has 0 radical (unpaired) electrons. The predicted molar refractivity (Wildman–Crippen MR) is 85.3 cm³/mol. The number of rotatable bonds is 7. The molecule has 0 spiro atoms. The van der Waals surface area contributed by atoms with Gasteiger partial charge in [0.2, 0.25) is 0 Å². The molecule has 1 aromatic carbocycles. The maximum atomic E-state index is 6.15. The summed E-state index contributed by atoms with van der Waals surface area (Å²) in [4.78, 5) is 2.05. The number of nitrogens with two attached hydrogens (primary N) is 1. The third-order valence-electron chi connectivity index (χ3n) is 3.29. The van der Waals surface area contributed by atoms with Crippen LogP contribution in [0.3, 0.4) is 0 Å². The summed E-state index contributed by atoms with van der Waals surface area (Å²) >= 11 is 0. The van der Waals surface area contributed by atoms with E-state index in [0.717, 1.165) is 18.5 Å². The van der Waals surface area contributed by atoms with E-state index in [0.29, 0.717) is 43.6 Å². The van der Waals surface area contributed by atoms with Crippen molar-refractivity contribution in [1.82, 2.24) is 4.90 Å². The van der Waals surface area contributed by atoms with Gasteiger partial charge in [0, 0.05) is 12.1 Å². The Kier molecular flexibility index (Phi) is 6.30. The van der Waals surface area contributed by atoms with Crippen LogP contribution in [0.2, 0.25) is 0 Å². The zero-order chi connectivity index (χ0) is 15.9. The Morgan fingerprint density at radius 3 is 2.59 bits per heavy atom. The number of benzene rings is 1. The predicted octanol–water partition coefficient (Wildman–Crippen LogP) is 2.04. The van der Waals surface area contributed by atoms with Crippen molar-refractivity contribution in [2.24, 2.45) is 0 Å². The third kappa shape index (κ3) is 4.50. The lowest BCUT2D eigenvalue weighted by Gasteiger charge is -2.25. The number of nitrogen functional groups attached to an aromatic ring is 1. The fraction of sp³-hybridized carbons (Fsp3) is 0.625. The Morgan fingerprint density at radius 2 is 1.95 bits per heavy atom. The van der Waals surface area contributed by atoms with Gasteiger partial charge in [0.15, 0.2) is 17.8 Å². The van der Waals surface area contributed by atoms with E-state index in [9.17, 15) is 0 Å². The SMILES string of the molecule is CCOc1cc(C2OCCCO2)cc(N)c1OCCN(C)C. The first kappa shape index (κ1) is 16.9. The van der Waals surface area contributed by atoms with Crippen molar-refractivity contribution in [3.05, 3.63) is 17.7 Å². The Morgan fingerprint density at radius 1 is 1.23 bits per heavy atom. The molecule has 124 valence electrons. The number of ether oxygens (including phenoxy) is 4. The van der Waals surface area contributed by atoms with Crippen LogP contribution in [0.1, 0.15) is 25.2 Å². The molecule has 0 bridgehead atoms. The molecule has 0 unspecified atom stereocenters. The van der Waals surface area contributed by atoms with Crippen LogP contribution in [-0.4, -0.2) is 52.0 Å². The summed E-state index contributed by atoms with van der Waals surface area (Å²) < 4.78 is 22.7. The first-order chi connectivity index (χ1) is 10.6. The van der Waals surface area contributed by atoms with E-state index in [2.05, 4.69) is 4.90 Å². The van der Waals surface area contributed by atoms with Gasteiger partial charge in [-0.3, -0.25) is 0 Å². The van der Waals surface area contributed by atoms with Crippen molar-refractivity contribution in [3.8, 4) is 11.5 Å². The summed E-state index contributed by atoms with van der Waals surface area (Å²) in [5.41, 5.74) is 7.55. The highest BCUT2D eigenvalue weighted by Crippen LogP contribution is 2.38. The average Bonchev–Trinajstić information content (AvgIpc) is 2.50. The van der Waals surface area contributed by atoms with E-state index in [-0.39, 0.29) is 6.29 Å². The van der Waals surface area contributed by atoms with E-state index < -0.39 is 0 Å². The van der Waals surface area contributed by atoms with E-state index in [1.54, 1.807) is 0 Å². The fourth-order valence-electron chi connectivity index (χ4n) is 2.21. The molecule has 0 saturated carbocycles. The van der Waals surface area contributed by atoms with Crippen LogP contribution in [0.4, 0.5) is 5.69 Å². The highest BCUT2D eigenvalue weighted by atomic mass is 16.7. The van der Waals surface area contributed by atoms with E-state index in [1.165, 1.54) is 0 Å². The monoisotopic (exact) mass is 310 g/mol. The zero-order valence-electron chi connectivity index (χ0n) is 13.6. The molecule has 6 heteroatoms. The minimum atomic E-state index is -0.383. The molecule has 0 aliphatic carbocycles. The van der Waals surface area contributed by atoms with Gasteiger partial charge in [0.25, 0.3) is 0 Å². The van der Waals surface area contributed by atoms with Gasteiger partial charge < -0.3 is 29.6 Å². The second kappa shape index (κ2) is 8.22. The molecule has 2 rings (SSSR count). The Balaban J connectivity index is 2.17. The topological polar surface area (TPSA) is 66.2 Å². The molecule has 1 heterocycles. The van der Waals surface area contributed by atoms with Crippen LogP contribution in [0, 0.1) is 0 Å². The Hall–Kier alpha value is -1.50. The highest BCUT2D eigenvalue weighted by molar-refractivity contribution is 5.62. The van der Waals surface area contributed by atoms with Gasteiger partial charge in [-0.2, -0.15) is 0 Å². The highest BCUT2D eigenvalue weighted by Gasteiger charge is 2.21. The standard InChI is InChI=1S/C16H26N2O4/c1-4-19-14-11-12(16-21-7-5-8-22-16)10-13(17)15(14)20-9-6-18(2)3/h10-11,16H,4-9,17H2,1-3H3. The van der Waals surface area contributed by atoms with Crippen molar-refractivity contribution in [2.75, 3.05) is 52.8 Å². The van der Waals surface area contributed by atoms with Crippen molar-refractivity contribution in [2.45, 2.75) is 19.6 Å². The van der Waals surface area contributed by atoms with Gasteiger partial charge in [-0.05, 0) is 39.6 Å². The number of hydrogen-bond donors (Lipinski definition) is 1. The average molecular weight is 310 g/mol. The summed E-state index contributed by atoms with van der Waals surface area (Å²) in [6, 6.07) is 3.73. The van der Waals surface area contributed by atoms with Gasteiger partial charge >= 0.3 is 0 Å². The lowest BCUT2D eigenvalue weighted by Crippen LogP contribution is -2.20. The van der Waals surface area contributed by atoms with Crippen molar-refractivity contribution < 1.29 is 18.9 Å². The zero-order valence-corrected chi connectivity index (χ0v) is 13.6. The van der Waals surface area contributed by atoms with Gasteiger partial charge in [0.05, 0.1) is 25.5 Å². The maximum Gasteiger partial charge on any atom is 0.184 e. The van der Waals surface area contributed by atoms with Crippen LogP contribution in [0.5, 0.6) is 11.5 Å². The van der Waals surface area contributed by atoms with Gasteiger partial charge in [0.1, 0.15) is 6.61 Å². The Bertz CT molecular complexity index is 473. The molecule has 22 heavy (non-hydrogen) atoms. The fourth-order valence-corrected chi connectivity index (χ4v) is 2.21. The van der Waals surface area contributed by atoms with Crippen molar-refractivity contribution in [3.63, 3.8) is 0 Å². The smallest absolute Gasteiger partial charge is 0.184 e. The summed E-state index contributed by atoms with van der Waals surface area (Å²) in [6.45, 7) is 5.21. The number of likely N-dealkylation sites (N-methyl/N-ethyl adjacent to an activating group) is 1. The van der Waals surface area contributed by atoms with Gasteiger partial charge in [-0.1, -0.05) is 0 Å². The summed E-state index contributed by atoms with van der Waals surface area (Å²) in [5.74, 6) is 1.22. The number of hydrogen-bond acceptors (Lipinski definition) is 6. The molecule has 1 aliphatic rings. The lowest BCUT2D eigenvalue weighted by molar-refractivity contribution is -0.183. The molecule has 1 aromatic rings. The normalized spacial score (nSPS) is 16.0. The van der Waals surface area contributed by atoms with Crippen molar-refractivity contribution >= 4 is 5.69 Å². The third-order valence-corrected chi connectivity index (χ3v) is 3.29. The second-order valence-corrected chi connectivity index (χ2v) is 5.45. The molecule has 0 amide bonds. The molecule has 0 aromatic heterocycles. The molecule has 1 saturated heterocycles. The van der Waals surface area contributed by atoms with Crippen LogP contribution < -0.4 is 15.2 Å².